The highest BCUT2D eigenvalue weighted by Crippen LogP contribution is 2.14. The number of aromatic nitrogens is 2. The maximum Gasteiger partial charge on any atom is 0.212 e. The van der Waals surface area contributed by atoms with E-state index in [1.165, 1.54) is 0 Å². The summed E-state index contributed by atoms with van der Waals surface area (Å²) < 4.78 is 31.6. The van der Waals surface area contributed by atoms with Crippen LogP contribution in [0.1, 0.15) is 11.3 Å². The number of nitrogens with zero attached hydrogens (tertiary/aromatic N) is 4. The molecule has 0 unspecified atom stereocenters. The van der Waals surface area contributed by atoms with Gasteiger partial charge in [-0.1, -0.05) is 6.07 Å². The second-order valence-electron chi connectivity index (χ2n) is 5.84. The molecule has 3 heterocycles. The van der Waals surface area contributed by atoms with Gasteiger partial charge in [-0.15, -0.1) is 0 Å². The van der Waals surface area contributed by atoms with Crippen molar-refractivity contribution in [3.63, 3.8) is 0 Å². The third-order valence-corrected chi connectivity index (χ3v) is 4.14. The number of hydrogen-bond donors (Lipinski definition) is 0. The maximum atomic E-state index is 13.7. The van der Waals surface area contributed by atoms with Crippen LogP contribution in [-0.4, -0.2) is 53.1 Å². The quantitative estimate of drug-likeness (QED) is 0.837. The van der Waals surface area contributed by atoms with Crippen LogP contribution in [0.3, 0.4) is 0 Å². The van der Waals surface area contributed by atoms with Crippen LogP contribution in [0.2, 0.25) is 0 Å². The summed E-state index contributed by atoms with van der Waals surface area (Å²) in [7, 11) is 1.60. The molecule has 1 aliphatic heterocycles. The Morgan fingerprint density at radius 2 is 1.71 bits per heavy atom. The van der Waals surface area contributed by atoms with E-state index in [2.05, 4.69) is 19.8 Å². The van der Waals surface area contributed by atoms with E-state index in [0.717, 1.165) is 50.6 Å². The van der Waals surface area contributed by atoms with E-state index >= 15 is 0 Å². The number of hydrogen-bond acceptors (Lipinski definition) is 5. The van der Waals surface area contributed by atoms with Gasteiger partial charge in [0.25, 0.3) is 0 Å². The molecule has 7 heteroatoms. The Morgan fingerprint density at radius 3 is 2.29 bits per heavy atom. The van der Waals surface area contributed by atoms with E-state index in [4.69, 9.17) is 4.74 Å². The summed E-state index contributed by atoms with van der Waals surface area (Å²) in [6.45, 7) is 4.64. The molecule has 1 aliphatic rings. The number of halogens is 2. The standard InChI is InChI=1S/C17H20F2N4O/c1-24-17-3-2-13(9-21-17)11-22-4-6-23(7-5-22)12-16-15(19)8-14(18)10-20-16/h2-3,8-10H,4-7,11-12H2,1H3. The molecule has 0 amide bonds. The van der Waals surface area contributed by atoms with Gasteiger partial charge >= 0.3 is 0 Å². The van der Waals surface area contributed by atoms with Gasteiger partial charge in [-0.05, 0) is 5.56 Å². The summed E-state index contributed by atoms with van der Waals surface area (Å²) in [6.07, 6.45) is 2.88. The summed E-state index contributed by atoms with van der Waals surface area (Å²) >= 11 is 0. The predicted molar refractivity (Wildman–Crippen MR) is 85.5 cm³/mol. The first-order valence-electron chi connectivity index (χ1n) is 7.87. The predicted octanol–water partition coefficient (Wildman–Crippen LogP) is 2.08. The number of rotatable bonds is 5. The zero-order valence-corrected chi connectivity index (χ0v) is 13.6. The Morgan fingerprint density at radius 1 is 1.00 bits per heavy atom. The van der Waals surface area contributed by atoms with Gasteiger partial charge < -0.3 is 4.74 Å². The summed E-state index contributed by atoms with van der Waals surface area (Å²) in [5.74, 6) is -0.617. The van der Waals surface area contributed by atoms with E-state index in [0.29, 0.717) is 18.1 Å². The van der Waals surface area contributed by atoms with E-state index in [-0.39, 0.29) is 0 Å². The smallest absolute Gasteiger partial charge is 0.212 e. The first kappa shape index (κ1) is 16.7. The summed E-state index contributed by atoms with van der Waals surface area (Å²) in [5.41, 5.74) is 1.43. The lowest BCUT2D eigenvalue weighted by Gasteiger charge is -2.34. The fourth-order valence-corrected chi connectivity index (χ4v) is 2.76. The highest BCUT2D eigenvalue weighted by Gasteiger charge is 2.19. The minimum absolute atomic E-state index is 0.296. The van der Waals surface area contributed by atoms with Crippen LogP contribution in [0.4, 0.5) is 8.78 Å². The minimum Gasteiger partial charge on any atom is -0.481 e. The van der Waals surface area contributed by atoms with Crippen LogP contribution in [0.15, 0.2) is 30.6 Å². The fraction of sp³-hybridized carbons (Fsp3) is 0.412. The second kappa shape index (κ2) is 7.63. The summed E-state index contributed by atoms with van der Waals surface area (Å²) in [6, 6.07) is 4.75. The molecule has 128 valence electrons. The monoisotopic (exact) mass is 334 g/mol. The van der Waals surface area contributed by atoms with Crippen molar-refractivity contribution in [2.75, 3.05) is 33.3 Å². The zero-order chi connectivity index (χ0) is 16.9. The molecule has 2 aromatic rings. The van der Waals surface area contributed by atoms with Gasteiger partial charge in [-0.3, -0.25) is 14.8 Å². The second-order valence-corrected chi connectivity index (χ2v) is 5.84. The van der Waals surface area contributed by atoms with Gasteiger partial charge in [0.2, 0.25) is 5.88 Å². The van der Waals surface area contributed by atoms with Gasteiger partial charge in [0.05, 0.1) is 19.0 Å². The fourth-order valence-electron chi connectivity index (χ4n) is 2.76. The highest BCUT2D eigenvalue weighted by atomic mass is 19.1. The Kier molecular flexibility index (Phi) is 5.32. The van der Waals surface area contributed by atoms with Crippen LogP contribution in [-0.2, 0) is 13.1 Å². The van der Waals surface area contributed by atoms with Crippen molar-refractivity contribution < 1.29 is 13.5 Å². The van der Waals surface area contributed by atoms with Crippen molar-refractivity contribution in [3.05, 3.63) is 53.5 Å². The highest BCUT2D eigenvalue weighted by molar-refractivity contribution is 5.17. The van der Waals surface area contributed by atoms with E-state index in [9.17, 15) is 8.78 Å². The molecule has 0 atom stereocenters. The molecule has 0 N–H and O–H groups in total. The van der Waals surface area contributed by atoms with Crippen LogP contribution < -0.4 is 4.74 Å². The third kappa shape index (κ3) is 4.24. The van der Waals surface area contributed by atoms with Crippen molar-refractivity contribution in [3.8, 4) is 5.88 Å². The molecule has 3 rings (SSSR count). The Labute approximate surface area is 139 Å². The van der Waals surface area contributed by atoms with Crippen molar-refractivity contribution >= 4 is 0 Å². The molecule has 0 aromatic carbocycles. The summed E-state index contributed by atoms with van der Waals surface area (Å²) in [5, 5.41) is 0. The number of pyridine rings is 2. The van der Waals surface area contributed by atoms with Gasteiger partial charge in [-0.25, -0.2) is 13.8 Å². The van der Waals surface area contributed by atoms with Crippen LogP contribution in [0.25, 0.3) is 0 Å². The van der Waals surface area contributed by atoms with Gasteiger partial charge in [-0.2, -0.15) is 0 Å². The van der Waals surface area contributed by atoms with Crippen molar-refractivity contribution in [1.29, 1.82) is 0 Å². The minimum atomic E-state index is -0.644. The molecule has 0 radical (unpaired) electrons. The van der Waals surface area contributed by atoms with E-state index < -0.39 is 11.6 Å². The average molecular weight is 334 g/mol. The molecular weight excluding hydrogens is 314 g/mol. The molecular formula is C17H20F2N4O. The van der Waals surface area contributed by atoms with Crippen molar-refractivity contribution in [1.82, 2.24) is 19.8 Å². The normalized spacial score (nSPS) is 16.3. The first-order valence-corrected chi connectivity index (χ1v) is 7.87. The maximum absolute atomic E-state index is 13.7. The zero-order valence-electron chi connectivity index (χ0n) is 13.6. The Balaban J connectivity index is 1.50. The number of methoxy groups -OCH3 is 1. The lowest BCUT2D eigenvalue weighted by Crippen LogP contribution is -2.45. The molecule has 2 aromatic heterocycles. The van der Waals surface area contributed by atoms with E-state index in [1.807, 2.05) is 18.3 Å². The number of ether oxygens (including phenoxy) is 1. The molecule has 5 nitrogen and oxygen atoms in total. The lowest BCUT2D eigenvalue weighted by atomic mass is 10.2. The molecule has 1 saturated heterocycles. The Bertz CT molecular complexity index is 673. The average Bonchev–Trinajstić information content (AvgIpc) is 2.60. The summed E-state index contributed by atoms with van der Waals surface area (Å²) in [4.78, 5) is 12.5. The van der Waals surface area contributed by atoms with Crippen LogP contribution in [0, 0.1) is 11.6 Å². The molecule has 0 spiro atoms. The molecule has 0 saturated carbocycles. The van der Waals surface area contributed by atoms with Crippen molar-refractivity contribution in [2.45, 2.75) is 13.1 Å². The Hall–Kier alpha value is -2.12. The molecule has 24 heavy (non-hydrogen) atoms. The molecule has 0 aliphatic carbocycles. The topological polar surface area (TPSA) is 41.5 Å². The van der Waals surface area contributed by atoms with Crippen LogP contribution >= 0.6 is 0 Å². The molecule has 0 bridgehead atoms. The largest absolute Gasteiger partial charge is 0.481 e. The first-order chi connectivity index (χ1) is 11.6. The van der Waals surface area contributed by atoms with Gasteiger partial charge in [0, 0.05) is 57.6 Å². The van der Waals surface area contributed by atoms with Crippen LogP contribution in [0.5, 0.6) is 5.88 Å². The number of piperazine rings is 1. The van der Waals surface area contributed by atoms with E-state index in [1.54, 1.807) is 7.11 Å². The third-order valence-electron chi connectivity index (χ3n) is 4.14. The lowest BCUT2D eigenvalue weighted by molar-refractivity contribution is 0.120. The SMILES string of the molecule is COc1ccc(CN2CCN(Cc3ncc(F)cc3F)CC2)cn1. The van der Waals surface area contributed by atoms with Gasteiger partial charge in [0.1, 0.15) is 11.6 Å². The molecule has 1 fully saturated rings. The van der Waals surface area contributed by atoms with Gasteiger partial charge in [0.15, 0.2) is 0 Å². The van der Waals surface area contributed by atoms with Crippen molar-refractivity contribution in [2.24, 2.45) is 0 Å².